The van der Waals surface area contributed by atoms with Crippen molar-refractivity contribution in [1.29, 1.82) is 0 Å². The molecule has 2 unspecified atom stereocenters. The molecule has 0 saturated carbocycles. The average Bonchev–Trinajstić information content (AvgIpc) is 2.03. The van der Waals surface area contributed by atoms with E-state index in [9.17, 15) is 9.90 Å². The molecule has 5 heteroatoms. The summed E-state index contributed by atoms with van der Waals surface area (Å²) in [5.41, 5.74) is 0. The molecule has 0 aromatic rings. The van der Waals surface area contributed by atoms with Gasteiger partial charge in [-0.1, -0.05) is 0 Å². The number of carbonyl (C=O) groups is 1. The second-order valence-corrected chi connectivity index (χ2v) is 2.45. The van der Waals surface area contributed by atoms with Crippen molar-refractivity contribution in [1.82, 2.24) is 0 Å². The molecule has 0 aliphatic rings. The lowest BCUT2D eigenvalue weighted by atomic mass is 10.2. The molecule has 0 fully saturated rings. The van der Waals surface area contributed by atoms with Crippen molar-refractivity contribution in [2.45, 2.75) is 25.6 Å². The zero-order valence-corrected chi connectivity index (χ0v) is 6.90. The number of carbonyl (C=O) groups excluding carboxylic acids is 1. The van der Waals surface area contributed by atoms with Gasteiger partial charge in [0.15, 0.2) is 0 Å². The Balaban J connectivity index is 3.86. The summed E-state index contributed by atoms with van der Waals surface area (Å²) in [6, 6.07) is 0. The first-order valence-electron chi connectivity index (χ1n) is 3.69. The Bertz CT molecular complexity index is 136. The fourth-order valence-corrected chi connectivity index (χ4v) is 0.682. The second kappa shape index (κ2) is 5.93. The molecule has 0 rings (SSSR count). The highest BCUT2D eigenvalue weighted by atomic mass is 16.5. The Morgan fingerprint density at radius 2 is 2.17 bits per heavy atom. The minimum absolute atomic E-state index is 0.0212. The number of rotatable bonds is 6. The van der Waals surface area contributed by atoms with Crippen molar-refractivity contribution in [2.24, 2.45) is 0 Å². The lowest BCUT2D eigenvalue weighted by Gasteiger charge is -2.21. The first kappa shape index (κ1) is 11.4. The van der Waals surface area contributed by atoms with Crippen LogP contribution in [0.4, 0.5) is 0 Å². The number of hydrogen-bond acceptors (Lipinski definition) is 5. The minimum atomic E-state index is -1.37. The van der Waals surface area contributed by atoms with Gasteiger partial charge in [0.2, 0.25) is 0 Å². The summed E-state index contributed by atoms with van der Waals surface area (Å²) < 4.78 is 4.83. The largest absolute Gasteiger partial charge is 0.547 e. The smallest absolute Gasteiger partial charge is 0.0995 e. The molecule has 0 aromatic heterocycles. The van der Waals surface area contributed by atoms with Crippen molar-refractivity contribution in [3.05, 3.63) is 0 Å². The normalized spacial score (nSPS) is 15.6. The zero-order valence-electron chi connectivity index (χ0n) is 6.90. The molecule has 2 atom stereocenters. The zero-order chi connectivity index (χ0) is 9.56. The molecule has 0 aliphatic carbocycles. The van der Waals surface area contributed by atoms with Gasteiger partial charge in [-0.05, 0) is 6.92 Å². The van der Waals surface area contributed by atoms with Gasteiger partial charge in [0.25, 0.3) is 0 Å². The minimum Gasteiger partial charge on any atom is -0.547 e. The molecule has 72 valence electrons. The summed E-state index contributed by atoms with van der Waals surface area (Å²) in [7, 11) is 0. The molecule has 0 amide bonds. The first-order chi connectivity index (χ1) is 5.61. The van der Waals surface area contributed by atoms with E-state index >= 15 is 0 Å². The van der Waals surface area contributed by atoms with Crippen LogP contribution in [0.2, 0.25) is 0 Å². The highest BCUT2D eigenvalue weighted by molar-refractivity contribution is 5.69. The van der Waals surface area contributed by atoms with Crippen LogP contribution in [0.3, 0.4) is 0 Å². The number of aliphatic hydroxyl groups is 2. The van der Waals surface area contributed by atoms with Crippen LogP contribution in [0.25, 0.3) is 0 Å². The van der Waals surface area contributed by atoms with E-state index in [0.717, 1.165) is 0 Å². The van der Waals surface area contributed by atoms with Gasteiger partial charge in [-0.2, -0.15) is 0 Å². The average molecular weight is 177 g/mol. The van der Waals surface area contributed by atoms with E-state index in [-0.39, 0.29) is 19.6 Å². The van der Waals surface area contributed by atoms with E-state index < -0.39 is 18.2 Å². The Morgan fingerprint density at radius 3 is 2.50 bits per heavy atom. The first-order valence-corrected chi connectivity index (χ1v) is 3.69. The van der Waals surface area contributed by atoms with Gasteiger partial charge in [-0.3, -0.25) is 0 Å². The summed E-state index contributed by atoms with van der Waals surface area (Å²) in [6.45, 7) is 0.999. The summed E-state index contributed by atoms with van der Waals surface area (Å²) in [6.07, 6.45) is -1.72. The third-order valence-electron chi connectivity index (χ3n) is 1.31. The number of ether oxygens (including phenoxy) is 1. The fraction of sp³-hybridized carbons (Fsp3) is 0.857. The van der Waals surface area contributed by atoms with Gasteiger partial charge < -0.3 is 24.9 Å². The number of carboxylic acids is 1. The van der Waals surface area contributed by atoms with E-state index in [1.807, 2.05) is 0 Å². The lowest BCUT2D eigenvalue weighted by Crippen LogP contribution is -2.40. The quantitative estimate of drug-likeness (QED) is 0.484. The van der Waals surface area contributed by atoms with Gasteiger partial charge >= 0.3 is 0 Å². The van der Waals surface area contributed by atoms with E-state index in [0.29, 0.717) is 0 Å². The standard InChI is InChI=1S/C7H14O5/c1-5(4-9)12-6(2-3-8)7(10)11/h5-6,8-9H,2-4H2,1H3,(H,10,11)/p-1. The molecule has 0 aromatic carbocycles. The molecule has 0 heterocycles. The molecule has 2 N–H and O–H groups in total. The monoisotopic (exact) mass is 177 g/mol. The highest BCUT2D eigenvalue weighted by Crippen LogP contribution is 2.01. The number of hydrogen-bond donors (Lipinski definition) is 2. The SMILES string of the molecule is CC(CO)OC(CCO)C(=O)[O-]. The second-order valence-electron chi connectivity index (χ2n) is 2.45. The van der Waals surface area contributed by atoms with Crippen LogP contribution < -0.4 is 5.11 Å². The van der Waals surface area contributed by atoms with Crippen LogP contribution in [0.1, 0.15) is 13.3 Å². The summed E-state index contributed by atoms with van der Waals surface area (Å²) in [4.78, 5) is 10.3. The van der Waals surface area contributed by atoms with E-state index in [2.05, 4.69) is 0 Å². The van der Waals surface area contributed by atoms with Crippen LogP contribution in [-0.2, 0) is 9.53 Å². The Morgan fingerprint density at radius 1 is 1.58 bits per heavy atom. The molecule has 12 heavy (non-hydrogen) atoms. The van der Waals surface area contributed by atoms with E-state index in [1.54, 1.807) is 0 Å². The highest BCUT2D eigenvalue weighted by Gasteiger charge is 2.12. The number of aliphatic hydroxyl groups excluding tert-OH is 2. The van der Waals surface area contributed by atoms with Crippen LogP contribution in [0.15, 0.2) is 0 Å². The predicted molar refractivity (Wildman–Crippen MR) is 38.1 cm³/mol. The maximum Gasteiger partial charge on any atom is 0.0995 e. The van der Waals surface area contributed by atoms with E-state index in [1.165, 1.54) is 6.92 Å². The Labute approximate surface area is 70.6 Å². The molecule has 0 spiro atoms. The topological polar surface area (TPSA) is 89.8 Å². The fourth-order valence-electron chi connectivity index (χ4n) is 0.682. The van der Waals surface area contributed by atoms with Gasteiger partial charge in [0.05, 0.1) is 24.8 Å². The van der Waals surface area contributed by atoms with Crippen molar-refractivity contribution in [2.75, 3.05) is 13.2 Å². The van der Waals surface area contributed by atoms with Crippen molar-refractivity contribution < 1.29 is 24.9 Å². The third-order valence-corrected chi connectivity index (χ3v) is 1.31. The van der Waals surface area contributed by atoms with Gasteiger partial charge in [0.1, 0.15) is 0 Å². The van der Waals surface area contributed by atoms with Crippen molar-refractivity contribution >= 4 is 5.97 Å². The molecule has 0 aliphatic heterocycles. The van der Waals surface area contributed by atoms with Gasteiger partial charge in [0, 0.05) is 13.0 Å². The third kappa shape index (κ3) is 4.27. The Kier molecular flexibility index (Phi) is 5.61. The number of aliphatic carboxylic acids is 1. The molecule has 5 nitrogen and oxygen atoms in total. The van der Waals surface area contributed by atoms with Crippen LogP contribution in [0, 0.1) is 0 Å². The lowest BCUT2D eigenvalue weighted by molar-refractivity contribution is -0.319. The Hall–Kier alpha value is -0.650. The van der Waals surface area contributed by atoms with Crippen molar-refractivity contribution in [3.63, 3.8) is 0 Å². The molecular formula is C7H13O5-. The maximum absolute atomic E-state index is 10.3. The molecule has 0 radical (unpaired) electrons. The van der Waals surface area contributed by atoms with Gasteiger partial charge in [-0.25, -0.2) is 0 Å². The van der Waals surface area contributed by atoms with E-state index in [4.69, 9.17) is 14.9 Å². The van der Waals surface area contributed by atoms with Gasteiger partial charge in [-0.15, -0.1) is 0 Å². The van der Waals surface area contributed by atoms with Crippen molar-refractivity contribution in [3.8, 4) is 0 Å². The summed E-state index contributed by atoms with van der Waals surface area (Å²) >= 11 is 0. The molecule has 0 bridgehead atoms. The van der Waals surface area contributed by atoms with Crippen LogP contribution in [0.5, 0.6) is 0 Å². The summed E-state index contributed by atoms with van der Waals surface area (Å²) in [5.74, 6) is -1.37. The molecular weight excluding hydrogens is 164 g/mol. The predicted octanol–water partition coefficient (Wildman–Crippen LogP) is -2.12. The summed E-state index contributed by atoms with van der Waals surface area (Å²) in [5, 5.41) is 27.3. The van der Waals surface area contributed by atoms with Crippen LogP contribution in [-0.4, -0.2) is 41.6 Å². The van der Waals surface area contributed by atoms with Crippen LogP contribution >= 0.6 is 0 Å². The number of carboxylic acid groups (broad SMARTS) is 1. The maximum atomic E-state index is 10.3. The molecule has 0 saturated heterocycles.